The number of rotatable bonds is 7. The topological polar surface area (TPSA) is 118 Å². The van der Waals surface area contributed by atoms with Crippen LogP contribution >= 0.6 is 0 Å². The van der Waals surface area contributed by atoms with Crippen molar-refractivity contribution in [3.05, 3.63) is 34.4 Å². The smallest absolute Gasteiger partial charge is 0.289 e. The minimum Gasteiger partial charge on any atom is -0.355 e. The molecule has 0 bridgehead atoms. The fourth-order valence-electron chi connectivity index (χ4n) is 1.77. The standard InChI is InChI=1S/C12H15N3O5S/c16-12(9-5-6-9)13-7-8-14-21(19,20)11-4-2-1-3-10(11)15(17)18/h1-4,9,14H,5-8H2,(H,13,16). The molecule has 9 heteroatoms. The number of para-hydroxylation sites is 1. The molecule has 1 aliphatic carbocycles. The quantitative estimate of drug-likeness (QED) is 0.429. The van der Waals surface area contributed by atoms with Crippen LogP contribution in [0.2, 0.25) is 0 Å². The zero-order chi connectivity index (χ0) is 15.5. The van der Waals surface area contributed by atoms with Gasteiger partial charge in [-0.05, 0) is 18.9 Å². The van der Waals surface area contributed by atoms with Gasteiger partial charge in [0.2, 0.25) is 15.9 Å². The van der Waals surface area contributed by atoms with Crippen LogP contribution in [0.5, 0.6) is 0 Å². The first-order valence-electron chi connectivity index (χ1n) is 6.42. The number of nitro benzene ring substituents is 1. The van der Waals surface area contributed by atoms with E-state index in [1.807, 2.05) is 0 Å². The molecule has 1 aromatic rings. The molecule has 1 aliphatic rings. The summed E-state index contributed by atoms with van der Waals surface area (Å²) in [6, 6.07) is 5.11. The third kappa shape index (κ3) is 3.99. The van der Waals surface area contributed by atoms with Crippen LogP contribution in [0, 0.1) is 16.0 Å². The highest BCUT2D eigenvalue weighted by Gasteiger charge is 2.29. The van der Waals surface area contributed by atoms with Gasteiger partial charge in [0, 0.05) is 25.1 Å². The van der Waals surface area contributed by atoms with Gasteiger partial charge in [-0.25, -0.2) is 13.1 Å². The van der Waals surface area contributed by atoms with Gasteiger partial charge in [0.1, 0.15) is 0 Å². The number of amides is 1. The normalized spacial score (nSPS) is 14.7. The number of nitro groups is 1. The van der Waals surface area contributed by atoms with Crippen LogP contribution in [0.4, 0.5) is 5.69 Å². The molecule has 0 saturated heterocycles. The van der Waals surface area contributed by atoms with Crippen LogP contribution in [0.25, 0.3) is 0 Å². The van der Waals surface area contributed by atoms with E-state index in [1.54, 1.807) is 0 Å². The average Bonchev–Trinajstić information content (AvgIpc) is 3.28. The fraction of sp³-hybridized carbons (Fsp3) is 0.417. The zero-order valence-electron chi connectivity index (χ0n) is 11.1. The number of hydrogen-bond donors (Lipinski definition) is 2. The van der Waals surface area contributed by atoms with Crippen LogP contribution in [-0.2, 0) is 14.8 Å². The van der Waals surface area contributed by atoms with E-state index in [0.717, 1.165) is 18.9 Å². The van der Waals surface area contributed by atoms with Gasteiger partial charge >= 0.3 is 0 Å². The van der Waals surface area contributed by atoms with Crippen molar-refractivity contribution >= 4 is 21.6 Å². The van der Waals surface area contributed by atoms with E-state index in [4.69, 9.17) is 0 Å². The van der Waals surface area contributed by atoms with Gasteiger partial charge in [0.15, 0.2) is 4.90 Å². The van der Waals surface area contributed by atoms with E-state index in [0.29, 0.717) is 0 Å². The highest BCUT2D eigenvalue weighted by atomic mass is 32.2. The Labute approximate surface area is 121 Å². The molecule has 0 atom stereocenters. The Bertz CT molecular complexity index is 655. The summed E-state index contributed by atoms with van der Waals surface area (Å²) < 4.78 is 26.3. The van der Waals surface area contributed by atoms with Crippen molar-refractivity contribution in [2.45, 2.75) is 17.7 Å². The summed E-state index contributed by atoms with van der Waals surface area (Å²) in [7, 11) is -3.98. The van der Waals surface area contributed by atoms with Crippen molar-refractivity contribution in [1.29, 1.82) is 0 Å². The number of nitrogens with zero attached hydrogens (tertiary/aromatic N) is 1. The van der Waals surface area contributed by atoms with Gasteiger partial charge in [0.05, 0.1) is 4.92 Å². The Balaban J connectivity index is 1.95. The van der Waals surface area contributed by atoms with Crippen molar-refractivity contribution in [2.24, 2.45) is 5.92 Å². The fourth-order valence-corrected chi connectivity index (χ4v) is 2.98. The Kier molecular flexibility index (Phi) is 4.53. The van der Waals surface area contributed by atoms with Crippen LogP contribution in [0.3, 0.4) is 0 Å². The molecule has 1 saturated carbocycles. The van der Waals surface area contributed by atoms with Gasteiger partial charge in [-0.3, -0.25) is 14.9 Å². The summed E-state index contributed by atoms with van der Waals surface area (Å²) in [5.74, 6) is -0.0308. The molecule has 8 nitrogen and oxygen atoms in total. The molecular weight excluding hydrogens is 298 g/mol. The van der Waals surface area contributed by atoms with Crippen molar-refractivity contribution in [3.8, 4) is 0 Å². The Hall–Kier alpha value is -2.00. The van der Waals surface area contributed by atoms with Crippen LogP contribution < -0.4 is 10.0 Å². The number of sulfonamides is 1. The van der Waals surface area contributed by atoms with Crippen molar-refractivity contribution in [1.82, 2.24) is 10.0 Å². The van der Waals surface area contributed by atoms with E-state index >= 15 is 0 Å². The molecule has 0 aromatic heterocycles. The first-order chi connectivity index (χ1) is 9.92. The molecule has 0 unspecified atom stereocenters. The molecule has 0 radical (unpaired) electrons. The monoisotopic (exact) mass is 313 g/mol. The largest absolute Gasteiger partial charge is 0.355 e. The van der Waals surface area contributed by atoms with Gasteiger partial charge < -0.3 is 5.32 Å². The van der Waals surface area contributed by atoms with Gasteiger partial charge in [-0.2, -0.15) is 0 Å². The lowest BCUT2D eigenvalue weighted by molar-refractivity contribution is -0.387. The lowest BCUT2D eigenvalue weighted by Crippen LogP contribution is -2.35. The van der Waals surface area contributed by atoms with E-state index in [2.05, 4.69) is 10.0 Å². The number of carbonyl (C=O) groups excluding carboxylic acids is 1. The van der Waals surface area contributed by atoms with Crippen LogP contribution in [-0.4, -0.2) is 32.3 Å². The average molecular weight is 313 g/mol. The van der Waals surface area contributed by atoms with E-state index in [9.17, 15) is 23.3 Å². The van der Waals surface area contributed by atoms with Crippen LogP contribution in [0.15, 0.2) is 29.2 Å². The van der Waals surface area contributed by atoms with E-state index < -0.39 is 20.6 Å². The second-order valence-electron chi connectivity index (χ2n) is 4.69. The molecule has 0 spiro atoms. The molecule has 114 valence electrons. The van der Waals surface area contributed by atoms with Crippen molar-refractivity contribution in [3.63, 3.8) is 0 Å². The summed E-state index contributed by atoms with van der Waals surface area (Å²) >= 11 is 0. The molecule has 2 rings (SSSR count). The molecule has 1 aromatic carbocycles. The summed E-state index contributed by atoms with van der Waals surface area (Å²) in [4.78, 5) is 21.1. The molecule has 0 aliphatic heterocycles. The summed E-state index contributed by atoms with van der Waals surface area (Å²) in [5.41, 5.74) is -0.480. The van der Waals surface area contributed by atoms with Crippen LogP contribution in [0.1, 0.15) is 12.8 Å². The lowest BCUT2D eigenvalue weighted by Gasteiger charge is -2.08. The second-order valence-corrected chi connectivity index (χ2v) is 6.42. The molecule has 0 heterocycles. The number of carbonyl (C=O) groups is 1. The number of nitrogens with one attached hydrogen (secondary N) is 2. The zero-order valence-corrected chi connectivity index (χ0v) is 11.9. The maximum absolute atomic E-state index is 12.0. The molecule has 2 N–H and O–H groups in total. The van der Waals surface area contributed by atoms with Crippen molar-refractivity contribution in [2.75, 3.05) is 13.1 Å². The van der Waals surface area contributed by atoms with E-state index in [-0.39, 0.29) is 29.8 Å². The first kappa shape index (κ1) is 15.4. The summed E-state index contributed by atoms with van der Waals surface area (Å²) in [6.45, 7) is 0.127. The van der Waals surface area contributed by atoms with Gasteiger partial charge in [0.25, 0.3) is 5.69 Å². The Morgan fingerprint density at radius 1 is 1.29 bits per heavy atom. The highest BCUT2D eigenvalue weighted by molar-refractivity contribution is 7.89. The maximum atomic E-state index is 12.0. The number of hydrogen-bond acceptors (Lipinski definition) is 5. The minimum atomic E-state index is -3.98. The Morgan fingerprint density at radius 2 is 1.95 bits per heavy atom. The SMILES string of the molecule is O=C(NCCNS(=O)(=O)c1ccccc1[N+](=O)[O-])C1CC1. The molecular formula is C12H15N3O5S. The second kappa shape index (κ2) is 6.19. The molecule has 1 fully saturated rings. The third-order valence-corrected chi connectivity index (χ3v) is 4.52. The summed E-state index contributed by atoms with van der Waals surface area (Å²) in [6.07, 6.45) is 1.74. The van der Waals surface area contributed by atoms with Crippen molar-refractivity contribution < 1.29 is 18.1 Å². The van der Waals surface area contributed by atoms with Gasteiger partial charge in [-0.1, -0.05) is 12.1 Å². The Morgan fingerprint density at radius 3 is 2.57 bits per heavy atom. The maximum Gasteiger partial charge on any atom is 0.289 e. The predicted octanol–water partition coefficient (Wildman–Crippen LogP) is 0.399. The highest BCUT2D eigenvalue weighted by Crippen LogP contribution is 2.28. The lowest BCUT2D eigenvalue weighted by atomic mass is 10.3. The number of benzene rings is 1. The predicted molar refractivity (Wildman–Crippen MR) is 74.0 cm³/mol. The minimum absolute atomic E-state index is 0.0210. The third-order valence-electron chi connectivity index (χ3n) is 3.02. The molecule has 1 amide bonds. The van der Waals surface area contributed by atoms with E-state index in [1.165, 1.54) is 18.2 Å². The molecule has 21 heavy (non-hydrogen) atoms. The first-order valence-corrected chi connectivity index (χ1v) is 7.91. The van der Waals surface area contributed by atoms with Gasteiger partial charge in [-0.15, -0.1) is 0 Å². The summed E-state index contributed by atoms with van der Waals surface area (Å²) in [5, 5.41) is 13.4.